The van der Waals surface area contributed by atoms with Crippen LogP contribution in [0.1, 0.15) is 29.3 Å². The normalized spacial score (nSPS) is 20.1. The lowest BCUT2D eigenvalue weighted by atomic mass is 10.2. The number of rotatable bonds is 3. The van der Waals surface area contributed by atoms with Gasteiger partial charge in [0.1, 0.15) is 0 Å². The highest BCUT2D eigenvalue weighted by atomic mass is 32.1. The van der Waals surface area contributed by atoms with Crippen LogP contribution in [0, 0.1) is 19.8 Å². The van der Waals surface area contributed by atoms with Crippen LogP contribution in [0.25, 0.3) is 17.0 Å². The summed E-state index contributed by atoms with van der Waals surface area (Å²) >= 11 is 5.09. The van der Waals surface area contributed by atoms with Crippen LogP contribution >= 0.6 is 12.2 Å². The molecule has 118 valence electrons. The van der Waals surface area contributed by atoms with Crippen molar-refractivity contribution < 1.29 is 0 Å². The van der Waals surface area contributed by atoms with Crippen molar-refractivity contribution in [3.63, 3.8) is 0 Å². The standard InChI is InChI=1S/C16H18N6S/c1-8-7-18-22-9(2)4-13(19-16(8)22)14-6-12(20-21(14)3)10-5-11(10)15(17)23/h4,6-7,10-11H,5H2,1-3H3,(H2,17,23). The Bertz CT molecular complexity index is 938. The fourth-order valence-electron chi connectivity index (χ4n) is 3.10. The predicted molar refractivity (Wildman–Crippen MR) is 92.3 cm³/mol. The molecule has 3 aromatic rings. The molecule has 0 spiro atoms. The maximum Gasteiger partial charge on any atom is 0.158 e. The zero-order chi connectivity index (χ0) is 16.3. The van der Waals surface area contributed by atoms with Crippen molar-refractivity contribution in [3.8, 4) is 11.4 Å². The summed E-state index contributed by atoms with van der Waals surface area (Å²) in [5.74, 6) is 0.649. The smallest absolute Gasteiger partial charge is 0.158 e. The first-order valence-electron chi connectivity index (χ1n) is 7.61. The number of hydrogen-bond acceptors (Lipinski definition) is 4. The molecule has 3 aromatic heterocycles. The molecule has 1 aliphatic rings. The first kappa shape index (κ1) is 14.3. The van der Waals surface area contributed by atoms with Crippen molar-refractivity contribution in [1.29, 1.82) is 0 Å². The van der Waals surface area contributed by atoms with Gasteiger partial charge in [-0.25, -0.2) is 9.50 Å². The average Bonchev–Trinajstić information content (AvgIpc) is 3.10. The van der Waals surface area contributed by atoms with Gasteiger partial charge in [-0.2, -0.15) is 10.2 Å². The third-order valence-electron chi connectivity index (χ3n) is 4.52. The van der Waals surface area contributed by atoms with Crippen LogP contribution in [-0.2, 0) is 7.05 Å². The van der Waals surface area contributed by atoms with E-state index in [1.165, 1.54) is 0 Å². The van der Waals surface area contributed by atoms with E-state index in [4.69, 9.17) is 22.9 Å². The van der Waals surface area contributed by atoms with Gasteiger partial charge in [0.2, 0.25) is 0 Å². The van der Waals surface area contributed by atoms with Crippen LogP contribution in [0.5, 0.6) is 0 Å². The molecule has 3 heterocycles. The van der Waals surface area contributed by atoms with E-state index in [0.717, 1.165) is 40.4 Å². The van der Waals surface area contributed by atoms with Gasteiger partial charge in [0, 0.05) is 30.1 Å². The SMILES string of the molecule is Cc1cnn2c(C)cc(-c3cc(C4CC4C(N)=S)nn3C)nc12. The lowest BCUT2D eigenvalue weighted by Gasteiger charge is -2.05. The van der Waals surface area contributed by atoms with Crippen LogP contribution in [0.15, 0.2) is 18.3 Å². The molecule has 6 nitrogen and oxygen atoms in total. The Morgan fingerprint density at radius 2 is 2.13 bits per heavy atom. The van der Waals surface area contributed by atoms with Gasteiger partial charge in [-0.15, -0.1) is 0 Å². The van der Waals surface area contributed by atoms with E-state index in [1.807, 2.05) is 42.4 Å². The minimum absolute atomic E-state index is 0.294. The first-order chi connectivity index (χ1) is 11.0. The van der Waals surface area contributed by atoms with Crippen LogP contribution in [0.3, 0.4) is 0 Å². The van der Waals surface area contributed by atoms with Crippen LogP contribution in [0.2, 0.25) is 0 Å². The summed E-state index contributed by atoms with van der Waals surface area (Å²) in [6.45, 7) is 4.05. The number of aromatic nitrogens is 5. The summed E-state index contributed by atoms with van der Waals surface area (Å²) in [5.41, 5.74) is 11.7. The lowest BCUT2D eigenvalue weighted by molar-refractivity contribution is 0.745. The molecular weight excluding hydrogens is 308 g/mol. The van der Waals surface area contributed by atoms with E-state index in [0.29, 0.717) is 16.8 Å². The zero-order valence-electron chi connectivity index (χ0n) is 13.3. The number of nitrogens with two attached hydrogens (primary N) is 1. The van der Waals surface area contributed by atoms with Gasteiger partial charge in [0.15, 0.2) is 5.65 Å². The van der Waals surface area contributed by atoms with Gasteiger partial charge in [-0.05, 0) is 32.4 Å². The van der Waals surface area contributed by atoms with Crippen molar-refractivity contribution in [3.05, 3.63) is 35.3 Å². The van der Waals surface area contributed by atoms with Gasteiger partial charge < -0.3 is 5.73 Å². The van der Waals surface area contributed by atoms with E-state index in [1.54, 1.807) is 0 Å². The van der Waals surface area contributed by atoms with Crippen molar-refractivity contribution in [2.24, 2.45) is 18.7 Å². The average molecular weight is 326 g/mol. The molecule has 4 rings (SSSR count). The second-order valence-electron chi connectivity index (χ2n) is 6.27. The van der Waals surface area contributed by atoms with E-state index in [2.05, 4.69) is 16.3 Å². The highest BCUT2D eigenvalue weighted by Gasteiger charge is 2.42. The number of hydrogen-bond donors (Lipinski definition) is 1. The molecule has 1 saturated carbocycles. The molecule has 0 aromatic carbocycles. The molecule has 0 saturated heterocycles. The lowest BCUT2D eigenvalue weighted by Crippen LogP contribution is -2.11. The first-order valence-corrected chi connectivity index (χ1v) is 8.02. The van der Waals surface area contributed by atoms with Gasteiger partial charge in [0.05, 0.1) is 28.3 Å². The Labute approximate surface area is 139 Å². The third kappa shape index (κ3) is 2.23. The number of fused-ring (bicyclic) bond motifs is 1. The molecule has 0 amide bonds. The quantitative estimate of drug-likeness (QED) is 0.747. The highest BCUT2D eigenvalue weighted by Crippen LogP contribution is 2.47. The summed E-state index contributed by atoms with van der Waals surface area (Å²) in [7, 11) is 1.95. The van der Waals surface area contributed by atoms with E-state index in [-0.39, 0.29) is 0 Å². The number of nitrogens with zero attached hydrogens (tertiary/aromatic N) is 5. The Kier molecular flexibility index (Phi) is 3.02. The molecular formula is C16H18N6S. The largest absolute Gasteiger partial charge is 0.393 e. The van der Waals surface area contributed by atoms with Crippen LogP contribution < -0.4 is 5.73 Å². The number of aryl methyl sites for hydroxylation is 3. The predicted octanol–water partition coefficient (Wildman–Crippen LogP) is 2.14. The maximum absolute atomic E-state index is 5.74. The Morgan fingerprint density at radius 3 is 2.83 bits per heavy atom. The van der Waals surface area contributed by atoms with Crippen molar-refractivity contribution in [1.82, 2.24) is 24.4 Å². The Balaban J connectivity index is 1.78. The Morgan fingerprint density at radius 1 is 1.35 bits per heavy atom. The molecule has 0 radical (unpaired) electrons. The second kappa shape index (κ2) is 4.86. The minimum atomic E-state index is 0.294. The fourth-order valence-corrected chi connectivity index (χ4v) is 3.36. The van der Waals surface area contributed by atoms with E-state index in [9.17, 15) is 0 Å². The van der Waals surface area contributed by atoms with E-state index >= 15 is 0 Å². The van der Waals surface area contributed by atoms with Gasteiger partial charge in [-0.3, -0.25) is 4.68 Å². The molecule has 1 fully saturated rings. The zero-order valence-corrected chi connectivity index (χ0v) is 14.1. The van der Waals surface area contributed by atoms with Crippen molar-refractivity contribution in [2.75, 3.05) is 0 Å². The molecule has 2 N–H and O–H groups in total. The molecule has 2 unspecified atom stereocenters. The Hall–Kier alpha value is -2.28. The molecule has 23 heavy (non-hydrogen) atoms. The van der Waals surface area contributed by atoms with Crippen molar-refractivity contribution in [2.45, 2.75) is 26.2 Å². The molecule has 0 bridgehead atoms. The van der Waals surface area contributed by atoms with E-state index < -0.39 is 0 Å². The molecule has 1 aliphatic carbocycles. The van der Waals surface area contributed by atoms with Gasteiger partial charge >= 0.3 is 0 Å². The van der Waals surface area contributed by atoms with Crippen LogP contribution in [-0.4, -0.2) is 29.4 Å². The summed E-state index contributed by atoms with van der Waals surface area (Å²) < 4.78 is 3.74. The molecule has 0 aliphatic heterocycles. The summed E-state index contributed by atoms with van der Waals surface area (Å²) in [5, 5.41) is 8.99. The fraction of sp³-hybridized carbons (Fsp3) is 0.375. The second-order valence-corrected chi connectivity index (χ2v) is 6.75. The van der Waals surface area contributed by atoms with Gasteiger partial charge in [0.25, 0.3) is 0 Å². The number of thiocarbonyl (C=S) groups is 1. The van der Waals surface area contributed by atoms with Gasteiger partial charge in [-0.1, -0.05) is 12.2 Å². The molecule has 7 heteroatoms. The minimum Gasteiger partial charge on any atom is -0.393 e. The monoisotopic (exact) mass is 326 g/mol. The summed E-state index contributed by atoms with van der Waals surface area (Å²) in [6, 6.07) is 4.14. The molecule has 2 atom stereocenters. The highest BCUT2D eigenvalue weighted by molar-refractivity contribution is 7.80. The summed E-state index contributed by atoms with van der Waals surface area (Å²) in [4.78, 5) is 5.35. The van der Waals surface area contributed by atoms with Crippen LogP contribution in [0.4, 0.5) is 0 Å². The summed E-state index contributed by atoms with van der Waals surface area (Å²) in [6.07, 6.45) is 2.84. The topological polar surface area (TPSA) is 74.0 Å². The maximum atomic E-state index is 5.74. The van der Waals surface area contributed by atoms with Crippen molar-refractivity contribution >= 4 is 22.9 Å². The third-order valence-corrected chi connectivity index (χ3v) is 4.83.